The molecule has 2 aromatic heterocycles. The summed E-state index contributed by atoms with van der Waals surface area (Å²) in [5, 5.41) is 13.5. The topological polar surface area (TPSA) is 63.1 Å². The van der Waals surface area contributed by atoms with Crippen molar-refractivity contribution in [3.8, 4) is 11.3 Å². The fraction of sp³-hybridized carbons (Fsp3) is 0.447. The number of allylic oxidation sites excluding steroid dienone is 2. The fourth-order valence-corrected chi connectivity index (χ4v) is 6.49. The Bertz CT molecular complexity index is 1600. The van der Waals surface area contributed by atoms with Gasteiger partial charge in [0.1, 0.15) is 0 Å². The van der Waals surface area contributed by atoms with Crippen molar-refractivity contribution >= 4 is 27.5 Å². The second kappa shape index (κ2) is 14.7. The van der Waals surface area contributed by atoms with Crippen LogP contribution >= 0.6 is 0 Å². The first kappa shape index (κ1) is 34.6. The molecule has 1 N–H and O–H groups in total. The third kappa shape index (κ3) is 7.10. The number of carbonyl (C=O) groups is 1. The van der Waals surface area contributed by atoms with Gasteiger partial charge in [-0.15, -0.1) is 23.3 Å². The van der Waals surface area contributed by atoms with Crippen LogP contribution in [0.1, 0.15) is 97.8 Å². The van der Waals surface area contributed by atoms with Gasteiger partial charge in [-0.3, -0.25) is 4.79 Å². The van der Waals surface area contributed by atoms with Gasteiger partial charge >= 0.3 is 0 Å². The smallest absolute Gasteiger partial charge is 0.162 e. The molecule has 0 fully saturated rings. The Kier molecular flexibility index (Phi) is 11.9. The average Bonchev–Trinajstić information content (AvgIpc) is 2.96. The maximum atomic E-state index is 11.7. The van der Waals surface area contributed by atoms with Gasteiger partial charge in [0, 0.05) is 50.4 Å². The number of hydrogen-bond acceptors (Lipinski definition) is 4. The number of rotatable bonds is 9. The molecule has 0 bridgehead atoms. The maximum Gasteiger partial charge on any atom is 0.162 e. The average molecular weight is 756 g/mol. The molecule has 4 nitrogen and oxygen atoms in total. The van der Waals surface area contributed by atoms with Gasteiger partial charge in [-0.25, -0.2) is 0 Å². The number of hydrogen-bond donors (Lipinski definition) is 1. The Balaban J connectivity index is 0.000000274. The van der Waals surface area contributed by atoms with Crippen molar-refractivity contribution < 1.29 is 30.0 Å². The van der Waals surface area contributed by atoms with Crippen LogP contribution in [-0.4, -0.2) is 20.9 Å². The van der Waals surface area contributed by atoms with Crippen molar-refractivity contribution in [3.63, 3.8) is 0 Å². The molecule has 2 aromatic carbocycles. The number of aliphatic hydroxyl groups excluding tert-OH is 1. The third-order valence-electron chi connectivity index (χ3n) is 8.90. The van der Waals surface area contributed by atoms with Gasteiger partial charge in [-0.05, 0) is 88.7 Å². The number of carbonyl (C=O) groups excluding carboxylic acids is 1. The predicted molar refractivity (Wildman–Crippen MR) is 176 cm³/mol. The molecule has 0 unspecified atom stereocenters. The first-order chi connectivity index (χ1) is 20.1. The second-order valence-corrected chi connectivity index (χ2v) is 12.6. The van der Waals surface area contributed by atoms with E-state index in [2.05, 4.69) is 63.0 Å². The van der Waals surface area contributed by atoms with Crippen LogP contribution in [0.4, 0.5) is 0 Å². The summed E-state index contributed by atoms with van der Waals surface area (Å²) in [6, 6.07) is 16.6. The summed E-state index contributed by atoms with van der Waals surface area (Å²) >= 11 is 0. The molecule has 4 aromatic rings. The Morgan fingerprint density at radius 3 is 2.28 bits per heavy atom. The molecule has 1 aliphatic rings. The summed E-state index contributed by atoms with van der Waals surface area (Å²) in [4.78, 5) is 21.1. The Morgan fingerprint density at radius 2 is 1.65 bits per heavy atom. The number of pyridine rings is 2. The van der Waals surface area contributed by atoms with Gasteiger partial charge in [0.15, 0.2) is 5.78 Å². The van der Waals surface area contributed by atoms with E-state index in [9.17, 15) is 9.90 Å². The third-order valence-corrected chi connectivity index (χ3v) is 8.90. The molecule has 0 atom stereocenters. The molecule has 2 heterocycles. The van der Waals surface area contributed by atoms with Crippen LogP contribution in [0, 0.1) is 23.8 Å². The molecule has 1 aliphatic carbocycles. The van der Waals surface area contributed by atoms with E-state index in [0.29, 0.717) is 5.92 Å². The number of aromatic nitrogens is 2. The van der Waals surface area contributed by atoms with Crippen molar-refractivity contribution in [1.29, 1.82) is 0 Å². The molecule has 0 spiro atoms. The molecule has 1 radical (unpaired) electrons. The molecule has 43 heavy (non-hydrogen) atoms. The minimum Gasteiger partial charge on any atom is -0.512 e. The van der Waals surface area contributed by atoms with E-state index in [1.807, 2.05) is 52.2 Å². The van der Waals surface area contributed by atoms with E-state index >= 15 is 0 Å². The van der Waals surface area contributed by atoms with Crippen LogP contribution in [0.15, 0.2) is 60.6 Å². The summed E-state index contributed by atoms with van der Waals surface area (Å²) < 4.78 is 0. The van der Waals surface area contributed by atoms with Crippen molar-refractivity contribution in [2.24, 2.45) is 17.8 Å². The minimum atomic E-state index is -0.129. The predicted octanol–water partition coefficient (Wildman–Crippen LogP) is 9.96. The van der Waals surface area contributed by atoms with Gasteiger partial charge in [-0.2, -0.15) is 0 Å². The largest absolute Gasteiger partial charge is 0.512 e. The molecule has 0 aliphatic heterocycles. The van der Waals surface area contributed by atoms with E-state index in [0.717, 1.165) is 48.9 Å². The van der Waals surface area contributed by atoms with Crippen LogP contribution in [0.2, 0.25) is 0 Å². The number of aliphatic hydroxyl groups is 1. The molecular weight excluding hydrogens is 709 g/mol. The molecule has 0 saturated heterocycles. The molecule has 231 valence electrons. The first-order valence-electron chi connectivity index (χ1n) is 15.7. The number of ketones is 1. The van der Waals surface area contributed by atoms with Crippen molar-refractivity contribution in [2.75, 3.05) is 0 Å². The van der Waals surface area contributed by atoms with Crippen molar-refractivity contribution in [1.82, 2.24) is 9.97 Å². The summed E-state index contributed by atoms with van der Waals surface area (Å²) in [5.74, 6) is 1.18. The maximum absolute atomic E-state index is 11.7. The van der Waals surface area contributed by atoms with Crippen molar-refractivity contribution in [2.45, 2.75) is 92.9 Å². The monoisotopic (exact) mass is 756 g/mol. The number of fused-ring (bicyclic) bond motifs is 4. The Labute approximate surface area is 271 Å². The van der Waals surface area contributed by atoms with Gasteiger partial charge in [0.05, 0.1) is 5.76 Å². The van der Waals surface area contributed by atoms with Crippen LogP contribution in [0.3, 0.4) is 0 Å². The summed E-state index contributed by atoms with van der Waals surface area (Å²) in [6.45, 7) is 17.3. The molecule has 5 rings (SSSR count). The standard InChI is InChI=1S/C25H23N2.C13H24O2.Ir/c1-15(2)12-16-13-17-9-11-27-24-19-7-8-21-18(6-5-10-26-21)23(19)25(3,4)20(14-16)22(17)24;1-5-10(6-2)12(14)9-13(15)11(7-3)8-4;/h5-6,8-11,13-15H,12H2,1-4H3;9-11,14H,5-8H2,1-4H3;/q-1;;/b;12-9-;. The number of nitrogens with zero attached hydrogens (tertiary/aromatic N) is 2. The second-order valence-electron chi connectivity index (χ2n) is 12.6. The van der Waals surface area contributed by atoms with Crippen LogP contribution in [-0.2, 0) is 36.7 Å². The van der Waals surface area contributed by atoms with E-state index in [1.54, 1.807) is 0 Å². The van der Waals surface area contributed by atoms with Crippen molar-refractivity contribution in [3.05, 3.63) is 83.4 Å². The fourth-order valence-electron chi connectivity index (χ4n) is 6.49. The van der Waals surface area contributed by atoms with Gasteiger partial charge in [0.25, 0.3) is 0 Å². The number of benzene rings is 2. The van der Waals surface area contributed by atoms with E-state index in [4.69, 9.17) is 4.98 Å². The molecule has 0 amide bonds. The van der Waals surface area contributed by atoms with E-state index in [-0.39, 0.29) is 48.9 Å². The SMILES string of the molecule is CC(C)Cc1cc2c3c(nccc3c1)-c1[c-]cc3ncccc3c1C2(C)C.CCC(CC)C(=O)/C=C(\O)C(CC)CC.[Ir]. The zero-order valence-electron chi connectivity index (χ0n) is 27.0. The van der Waals surface area contributed by atoms with Gasteiger partial charge in [-0.1, -0.05) is 79.0 Å². The van der Waals surface area contributed by atoms with Gasteiger partial charge in [0.2, 0.25) is 0 Å². The minimum absolute atomic E-state index is 0. The van der Waals surface area contributed by atoms with Crippen LogP contribution in [0.5, 0.6) is 0 Å². The summed E-state index contributed by atoms with van der Waals surface area (Å²) in [6.07, 6.45) is 9.78. The zero-order chi connectivity index (χ0) is 30.6. The Morgan fingerprint density at radius 1 is 0.977 bits per heavy atom. The molecule has 5 heteroatoms. The zero-order valence-corrected chi connectivity index (χ0v) is 29.4. The van der Waals surface area contributed by atoms with Crippen LogP contribution < -0.4 is 0 Å². The molecular formula is C38H47IrN2O2-. The van der Waals surface area contributed by atoms with Gasteiger partial charge < -0.3 is 15.1 Å². The van der Waals surface area contributed by atoms with E-state index in [1.165, 1.54) is 38.9 Å². The normalized spacial score (nSPS) is 13.6. The van der Waals surface area contributed by atoms with E-state index < -0.39 is 0 Å². The summed E-state index contributed by atoms with van der Waals surface area (Å²) in [7, 11) is 0. The van der Waals surface area contributed by atoms with Crippen LogP contribution in [0.25, 0.3) is 32.9 Å². The quantitative estimate of drug-likeness (QED) is 0.105. The summed E-state index contributed by atoms with van der Waals surface area (Å²) in [5.41, 5.74) is 7.12. The Hall–Kier alpha value is -2.88. The first-order valence-corrected chi connectivity index (χ1v) is 15.7. The molecule has 0 saturated carbocycles.